The van der Waals surface area contributed by atoms with Crippen molar-refractivity contribution in [3.63, 3.8) is 0 Å². The molecule has 0 aliphatic carbocycles. The van der Waals surface area contributed by atoms with Crippen LogP contribution < -0.4 is 9.47 Å². The van der Waals surface area contributed by atoms with Gasteiger partial charge in [-0.05, 0) is 19.9 Å². The Kier molecular flexibility index (Phi) is 3.97. The minimum atomic E-state index is -0.0328. The first-order valence-electron chi connectivity index (χ1n) is 4.57. The van der Waals surface area contributed by atoms with Gasteiger partial charge in [-0.1, -0.05) is 11.6 Å². The Morgan fingerprint density at radius 1 is 1.40 bits per heavy atom. The molecule has 0 aromatic heterocycles. The third-order valence-corrected chi connectivity index (χ3v) is 2.04. The van der Waals surface area contributed by atoms with Crippen LogP contribution in [0, 0.1) is 0 Å². The molecule has 0 bridgehead atoms. The van der Waals surface area contributed by atoms with Gasteiger partial charge in [0, 0.05) is 6.07 Å². The van der Waals surface area contributed by atoms with Crippen LogP contribution in [0.2, 0.25) is 5.02 Å². The van der Waals surface area contributed by atoms with E-state index in [-0.39, 0.29) is 6.10 Å². The number of rotatable bonds is 4. The fourth-order valence-electron chi connectivity index (χ4n) is 1.15. The van der Waals surface area contributed by atoms with Gasteiger partial charge in [0.2, 0.25) is 0 Å². The van der Waals surface area contributed by atoms with Gasteiger partial charge in [-0.3, -0.25) is 4.79 Å². The zero-order valence-corrected chi connectivity index (χ0v) is 9.67. The van der Waals surface area contributed by atoms with Gasteiger partial charge in [-0.25, -0.2) is 0 Å². The van der Waals surface area contributed by atoms with Crippen molar-refractivity contribution in [1.29, 1.82) is 0 Å². The summed E-state index contributed by atoms with van der Waals surface area (Å²) in [5.74, 6) is 0.945. The molecule has 15 heavy (non-hydrogen) atoms. The summed E-state index contributed by atoms with van der Waals surface area (Å²) in [6, 6.07) is 3.21. The van der Waals surface area contributed by atoms with Crippen LogP contribution in [0.15, 0.2) is 12.1 Å². The van der Waals surface area contributed by atoms with E-state index in [4.69, 9.17) is 21.1 Å². The second-order valence-corrected chi connectivity index (χ2v) is 3.72. The van der Waals surface area contributed by atoms with Crippen LogP contribution in [-0.2, 0) is 0 Å². The zero-order valence-electron chi connectivity index (χ0n) is 8.91. The Bertz CT molecular complexity index is 361. The SMILES string of the molecule is COc1cc(Cl)c(OC(C)C)c(C=O)c1. The lowest BCUT2D eigenvalue weighted by Crippen LogP contribution is -2.08. The molecule has 0 spiro atoms. The van der Waals surface area contributed by atoms with Gasteiger partial charge in [0.25, 0.3) is 0 Å². The third-order valence-electron chi connectivity index (χ3n) is 1.76. The van der Waals surface area contributed by atoms with E-state index in [2.05, 4.69) is 0 Å². The Hall–Kier alpha value is -1.22. The topological polar surface area (TPSA) is 35.5 Å². The number of carbonyl (C=O) groups excluding carboxylic acids is 1. The molecule has 0 saturated heterocycles. The number of hydrogen-bond donors (Lipinski definition) is 0. The summed E-state index contributed by atoms with van der Waals surface area (Å²) in [5, 5.41) is 0.380. The normalized spacial score (nSPS) is 10.2. The number of ether oxygens (including phenoxy) is 2. The maximum absolute atomic E-state index is 10.8. The standard InChI is InChI=1S/C11H13ClO3/c1-7(2)15-11-8(6-13)4-9(14-3)5-10(11)12/h4-7H,1-3H3. The smallest absolute Gasteiger partial charge is 0.153 e. The highest BCUT2D eigenvalue weighted by molar-refractivity contribution is 6.32. The number of methoxy groups -OCH3 is 1. The van der Waals surface area contributed by atoms with Crippen molar-refractivity contribution in [1.82, 2.24) is 0 Å². The van der Waals surface area contributed by atoms with E-state index in [1.807, 2.05) is 13.8 Å². The highest BCUT2D eigenvalue weighted by Gasteiger charge is 2.12. The number of halogens is 1. The van der Waals surface area contributed by atoms with Crippen LogP contribution in [0.25, 0.3) is 0 Å². The molecule has 1 aromatic carbocycles. The van der Waals surface area contributed by atoms with Crippen molar-refractivity contribution in [2.75, 3.05) is 7.11 Å². The molecule has 0 amide bonds. The van der Waals surface area contributed by atoms with E-state index in [1.165, 1.54) is 7.11 Å². The van der Waals surface area contributed by atoms with Crippen molar-refractivity contribution >= 4 is 17.9 Å². The highest BCUT2D eigenvalue weighted by Crippen LogP contribution is 2.33. The predicted molar refractivity (Wildman–Crippen MR) is 59.2 cm³/mol. The van der Waals surface area contributed by atoms with Crippen molar-refractivity contribution in [2.45, 2.75) is 20.0 Å². The molecular weight excluding hydrogens is 216 g/mol. The van der Waals surface area contributed by atoms with Gasteiger partial charge in [-0.15, -0.1) is 0 Å². The molecule has 0 aliphatic rings. The predicted octanol–water partition coefficient (Wildman–Crippen LogP) is 2.95. The minimum Gasteiger partial charge on any atom is -0.497 e. The first kappa shape index (κ1) is 11.9. The first-order valence-corrected chi connectivity index (χ1v) is 4.95. The number of benzene rings is 1. The monoisotopic (exact) mass is 228 g/mol. The average molecular weight is 229 g/mol. The Labute approximate surface area is 93.9 Å². The molecule has 0 fully saturated rings. The van der Waals surface area contributed by atoms with E-state index in [1.54, 1.807) is 12.1 Å². The largest absolute Gasteiger partial charge is 0.497 e. The van der Waals surface area contributed by atoms with E-state index in [9.17, 15) is 4.79 Å². The van der Waals surface area contributed by atoms with E-state index >= 15 is 0 Å². The van der Waals surface area contributed by atoms with Gasteiger partial charge in [-0.2, -0.15) is 0 Å². The van der Waals surface area contributed by atoms with Gasteiger partial charge < -0.3 is 9.47 Å². The molecule has 0 atom stereocenters. The molecule has 1 rings (SSSR count). The van der Waals surface area contributed by atoms with Crippen molar-refractivity contribution in [3.8, 4) is 11.5 Å². The van der Waals surface area contributed by atoms with Crippen molar-refractivity contribution in [2.24, 2.45) is 0 Å². The highest BCUT2D eigenvalue weighted by atomic mass is 35.5. The molecule has 82 valence electrons. The Morgan fingerprint density at radius 3 is 2.53 bits per heavy atom. The van der Waals surface area contributed by atoms with E-state index in [0.29, 0.717) is 28.4 Å². The van der Waals surface area contributed by atoms with Crippen LogP contribution in [0.3, 0.4) is 0 Å². The summed E-state index contributed by atoms with van der Waals surface area (Å²) in [6.07, 6.45) is 0.668. The summed E-state index contributed by atoms with van der Waals surface area (Å²) in [4.78, 5) is 10.8. The minimum absolute atomic E-state index is 0.0328. The molecule has 0 aliphatic heterocycles. The van der Waals surface area contributed by atoms with Gasteiger partial charge in [0.1, 0.15) is 11.5 Å². The molecule has 4 heteroatoms. The zero-order chi connectivity index (χ0) is 11.4. The third kappa shape index (κ3) is 2.86. The maximum Gasteiger partial charge on any atom is 0.153 e. The quantitative estimate of drug-likeness (QED) is 0.744. The second-order valence-electron chi connectivity index (χ2n) is 3.31. The summed E-state index contributed by atoms with van der Waals surface area (Å²) < 4.78 is 10.4. The molecule has 0 unspecified atom stereocenters. The van der Waals surface area contributed by atoms with Gasteiger partial charge in [0.05, 0.1) is 23.8 Å². The maximum atomic E-state index is 10.8. The molecule has 3 nitrogen and oxygen atoms in total. The molecular formula is C11H13ClO3. The van der Waals surface area contributed by atoms with Crippen LogP contribution in [-0.4, -0.2) is 19.5 Å². The summed E-state index contributed by atoms with van der Waals surface area (Å²) in [6.45, 7) is 3.74. The van der Waals surface area contributed by atoms with Crippen LogP contribution >= 0.6 is 11.6 Å². The van der Waals surface area contributed by atoms with Crippen LogP contribution in [0.4, 0.5) is 0 Å². The van der Waals surface area contributed by atoms with Crippen LogP contribution in [0.5, 0.6) is 11.5 Å². The van der Waals surface area contributed by atoms with Crippen molar-refractivity contribution in [3.05, 3.63) is 22.7 Å². The molecule has 0 saturated carbocycles. The molecule has 0 radical (unpaired) electrons. The number of hydrogen-bond acceptors (Lipinski definition) is 3. The van der Waals surface area contributed by atoms with Crippen LogP contribution in [0.1, 0.15) is 24.2 Å². The lowest BCUT2D eigenvalue weighted by molar-refractivity contribution is 0.111. The first-order chi connectivity index (χ1) is 7.08. The van der Waals surface area contributed by atoms with Gasteiger partial charge in [0.15, 0.2) is 6.29 Å². The number of carbonyl (C=O) groups is 1. The van der Waals surface area contributed by atoms with Crippen molar-refractivity contribution < 1.29 is 14.3 Å². The fourth-order valence-corrected chi connectivity index (χ4v) is 1.42. The lowest BCUT2D eigenvalue weighted by atomic mass is 10.2. The summed E-state index contributed by atoms with van der Waals surface area (Å²) in [7, 11) is 1.52. The molecule has 0 N–H and O–H groups in total. The van der Waals surface area contributed by atoms with E-state index < -0.39 is 0 Å². The molecule has 1 aromatic rings. The average Bonchev–Trinajstić information content (AvgIpc) is 2.20. The number of aldehydes is 1. The summed E-state index contributed by atoms with van der Waals surface area (Å²) in [5.41, 5.74) is 0.396. The molecule has 0 heterocycles. The van der Waals surface area contributed by atoms with Gasteiger partial charge >= 0.3 is 0 Å². The van der Waals surface area contributed by atoms with E-state index in [0.717, 1.165) is 0 Å². The Balaban J connectivity index is 3.18. The summed E-state index contributed by atoms with van der Waals surface area (Å²) >= 11 is 5.97. The fraction of sp³-hybridized carbons (Fsp3) is 0.364. The second kappa shape index (κ2) is 5.03. The lowest BCUT2D eigenvalue weighted by Gasteiger charge is -2.14. The Morgan fingerprint density at radius 2 is 2.07 bits per heavy atom.